The van der Waals surface area contributed by atoms with Gasteiger partial charge in [0.05, 0.1) is 38.7 Å². The van der Waals surface area contributed by atoms with Crippen LogP contribution in [-0.2, 0) is 0 Å². The maximum atomic E-state index is 6.51. The van der Waals surface area contributed by atoms with Crippen molar-refractivity contribution < 1.29 is 4.42 Å². The Hall–Kier alpha value is -7.24. The van der Waals surface area contributed by atoms with Gasteiger partial charge in [-0.2, -0.15) is 0 Å². The molecule has 0 saturated heterocycles. The van der Waals surface area contributed by atoms with E-state index < -0.39 is 0 Å². The lowest BCUT2D eigenvalue weighted by atomic mass is 10.0. The SMILES string of the molecule is c1ccc(-c2nc(-n3c4ccc5c(c6ccccc6n5-c5ccc6ccccc6c5)c4c4ccc5oc6ccccc6c5c43)nc3ccccc23)cc1. The first-order valence-corrected chi connectivity index (χ1v) is 17.9. The number of furan rings is 1. The minimum Gasteiger partial charge on any atom is -0.456 e. The van der Waals surface area contributed by atoms with E-state index in [1.165, 1.54) is 26.9 Å². The highest BCUT2D eigenvalue weighted by molar-refractivity contribution is 6.33. The minimum absolute atomic E-state index is 0.623. The zero-order chi connectivity index (χ0) is 34.6. The van der Waals surface area contributed by atoms with Gasteiger partial charge in [-0.15, -0.1) is 0 Å². The van der Waals surface area contributed by atoms with Gasteiger partial charge in [0.1, 0.15) is 11.2 Å². The Balaban J connectivity index is 1.28. The third-order valence-electron chi connectivity index (χ3n) is 10.9. The van der Waals surface area contributed by atoms with E-state index in [0.717, 1.165) is 77.2 Å². The predicted octanol–water partition coefficient (Wildman–Crippen LogP) is 12.5. The van der Waals surface area contributed by atoms with Crippen LogP contribution >= 0.6 is 0 Å². The number of fused-ring (bicyclic) bond motifs is 13. The van der Waals surface area contributed by atoms with Gasteiger partial charge in [0.15, 0.2) is 0 Å². The zero-order valence-electron chi connectivity index (χ0n) is 28.4. The van der Waals surface area contributed by atoms with Gasteiger partial charge in [-0.25, -0.2) is 9.97 Å². The molecule has 5 nitrogen and oxygen atoms in total. The molecule has 53 heavy (non-hydrogen) atoms. The number of benzene rings is 8. The number of nitrogens with zero attached hydrogens (tertiary/aromatic N) is 4. The Bertz CT molecular complexity index is 3460. The normalized spacial score (nSPS) is 12.2. The van der Waals surface area contributed by atoms with Gasteiger partial charge < -0.3 is 8.98 Å². The van der Waals surface area contributed by atoms with Gasteiger partial charge in [0.2, 0.25) is 5.95 Å². The molecule has 0 aliphatic rings. The average molecular weight is 677 g/mol. The highest BCUT2D eigenvalue weighted by Gasteiger charge is 2.25. The number of rotatable bonds is 3. The summed E-state index contributed by atoms with van der Waals surface area (Å²) in [4.78, 5) is 10.7. The number of hydrogen-bond acceptors (Lipinski definition) is 3. The molecule has 0 saturated carbocycles. The van der Waals surface area contributed by atoms with E-state index in [-0.39, 0.29) is 0 Å². The van der Waals surface area contributed by atoms with Crippen molar-refractivity contribution in [2.45, 2.75) is 0 Å². The lowest BCUT2D eigenvalue weighted by molar-refractivity contribution is 0.669. The second kappa shape index (κ2) is 10.6. The molecule has 246 valence electrons. The van der Waals surface area contributed by atoms with Crippen molar-refractivity contribution >= 4 is 87.2 Å². The molecule has 12 aromatic rings. The molecule has 0 atom stereocenters. The van der Waals surface area contributed by atoms with Gasteiger partial charge >= 0.3 is 0 Å². The van der Waals surface area contributed by atoms with E-state index in [9.17, 15) is 0 Å². The van der Waals surface area contributed by atoms with Crippen LogP contribution in [0.4, 0.5) is 0 Å². The van der Waals surface area contributed by atoms with Gasteiger partial charge in [0, 0.05) is 43.6 Å². The topological polar surface area (TPSA) is 48.8 Å². The molecule has 0 radical (unpaired) electrons. The van der Waals surface area contributed by atoms with E-state index in [1.54, 1.807) is 0 Å². The maximum Gasteiger partial charge on any atom is 0.235 e. The van der Waals surface area contributed by atoms with Gasteiger partial charge in [-0.05, 0) is 65.4 Å². The van der Waals surface area contributed by atoms with Gasteiger partial charge in [-0.1, -0.05) is 115 Å². The van der Waals surface area contributed by atoms with E-state index in [0.29, 0.717) is 5.95 Å². The Morgan fingerprint density at radius 2 is 1.11 bits per heavy atom. The Morgan fingerprint density at radius 3 is 2.00 bits per heavy atom. The number of aromatic nitrogens is 4. The number of para-hydroxylation sites is 3. The molecule has 0 N–H and O–H groups in total. The molecule has 0 fully saturated rings. The van der Waals surface area contributed by atoms with E-state index in [2.05, 4.69) is 155 Å². The summed E-state index contributed by atoms with van der Waals surface area (Å²) in [5, 5.41) is 10.3. The molecule has 0 aliphatic heterocycles. The van der Waals surface area contributed by atoms with E-state index in [4.69, 9.17) is 14.4 Å². The number of hydrogen-bond donors (Lipinski definition) is 0. The minimum atomic E-state index is 0.623. The van der Waals surface area contributed by atoms with Crippen LogP contribution in [-0.4, -0.2) is 19.1 Å². The second-order valence-electron chi connectivity index (χ2n) is 13.8. The molecular formula is C48H28N4O. The second-order valence-corrected chi connectivity index (χ2v) is 13.8. The molecule has 0 spiro atoms. The van der Waals surface area contributed by atoms with E-state index >= 15 is 0 Å². The highest BCUT2D eigenvalue weighted by Crippen LogP contribution is 2.46. The van der Waals surface area contributed by atoms with Crippen molar-refractivity contribution in [1.29, 1.82) is 0 Å². The summed E-state index contributed by atoms with van der Waals surface area (Å²) >= 11 is 0. The molecule has 4 heterocycles. The fourth-order valence-corrected chi connectivity index (χ4v) is 8.64. The van der Waals surface area contributed by atoms with Crippen molar-refractivity contribution in [2.75, 3.05) is 0 Å². The summed E-state index contributed by atoms with van der Waals surface area (Å²) in [6, 6.07) is 60.0. The van der Waals surface area contributed by atoms with Crippen molar-refractivity contribution in [3.05, 3.63) is 170 Å². The van der Waals surface area contributed by atoms with Crippen LogP contribution in [0.1, 0.15) is 0 Å². The Labute approximate surface area is 302 Å². The largest absolute Gasteiger partial charge is 0.456 e. The fourth-order valence-electron chi connectivity index (χ4n) is 8.64. The molecule has 8 aromatic carbocycles. The van der Waals surface area contributed by atoms with Crippen molar-refractivity contribution in [3.8, 4) is 22.9 Å². The molecule has 12 rings (SSSR count). The fraction of sp³-hybridized carbons (Fsp3) is 0. The highest BCUT2D eigenvalue weighted by atomic mass is 16.3. The third-order valence-corrected chi connectivity index (χ3v) is 10.9. The molecule has 4 aromatic heterocycles. The van der Waals surface area contributed by atoms with Gasteiger partial charge in [0.25, 0.3) is 0 Å². The monoisotopic (exact) mass is 676 g/mol. The standard InChI is InChI=1S/C48H28N4O/c1-2-13-30(14-3-1)46-33-16-6-9-19-37(33)49-48(50-46)52-40-26-25-39-43(44(40)36-24-27-42-45(47(36)52)35-18-8-11-21-41(35)53-42)34-17-7-10-20-38(34)51(39)32-23-22-29-12-4-5-15-31(29)28-32/h1-28H. The van der Waals surface area contributed by atoms with Crippen molar-refractivity contribution in [3.63, 3.8) is 0 Å². The summed E-state index contributed by atoms with van der Waals surface area (Å²) in [7, 11) is 0. The van der Waals surface area contributed by atoms with Crippen LogP contribution in [0.5, 0.6) is 0 Å². The lowest BCUT2D eigenvalue weighted by Crippen LogP contribution is -2.03. The molecule has 0 aliphatic carbocycles. The van der Waals surface area contributed by atoms with Crippen LogP contribution in [0, 0.1) is 0 Å². The molecule has 0 bridgehead atoms. The van der Waals surface area contributed by atoms with Crippen LogP contribution in [0.25, 0.3) is 110 Å². The lowest BCUT2D eigenvalue weighted by Gasteiger charge is -2.12. The van der Waals surface area contributed by atoms with Crippen molar-refractivity contribution in [2.24, 2.45) is 0 Å². The molecule has 0 unspecified atom stereocenters. The first-order chi connectivity index (χ1) is 26.3. The first-order valence-electron chi connectivity index (χ1n) is 17.9. The average Bonchev–Trinajstić information content (AvgIpc) is 3.88. The zero-order valence-corrected chi connectivity index (χ0v) is 28.4. The first kappa shape index (κ1) is 28.5. The van der Waals surface area contributed by atoms with Crippen LogP contribution in [0.2, 0.25) is 0 Å². The quantitative estimate of drug-likeness (QED) is 0.187. The Morgan fingerprint density at radius 1 is 0.415 bits per heavy atom. The smallest absolute Gasteiger partial charge is 0.235 e. The Kier molecular flexibility index (Phi) is 5.71. The van der Waals surface area contributed by atoms with Crippen LogP contribution in [0.3, 0.4) is 0 Å². The molecule has 5 heteroatoms. The maximum absolute atomic E-state index is 6.51. The summed E-state index contributed by atoms with van der Waals surface area (Å²) < 4.78 is 11.2. The van der Waals surface area contributed by atoms with Crippen LogP contribution in [0.15, 0.2) is 174 Å². The molecular weight excluding hydrogens is 649 g/mol. The predicted molar refractivity (Wildman–Crippen MR) is 218 cm³/mol. The summed E-state index contributed by atoms with van der Waals surface area (Å²) in [6.45, 7) is 0. The van der Waals surface area contributed by atoms with Crippen LogP contribution < -0.4 is 0 Å². The third kappa shape index (κ3) is 3.96. The summed E-state index contributed by atoms with van der Waals surface area (Å²) in [6.07, 6.45) is 0. The van der Waals surface area contributed by atoms with E-state index in [1.807, 2.05) is 24.3 Å². The van der Waals surface area contributed by atoms with Gasteiger partial charge in [-0.3, -0.25) is 4.57 Å². The molecule has 0 amide bonds. The van der Waals surface area contributed by atoms with Crippen molar-refractivity contribution in [1.82, 2.24) is 19.1 Å². The summed E-state index contributed by atoms with van der Waals surface area (Å²) in [5.74, 6) is 0.623. The summed E-state index contributed by atoms with van der Waals surface area (Å²) in [5.41, 5.74) is 10.1.